The van der Waals surface area contributed by atoms with Gasteiger partial charge in [0, 0.05) is 10.8 Å². The minimum Gasteiger partial charge on any atom is -0.463 e. The maximum absolute atomic E-state index is 13.4. The molecule has 9 heteroatoms. The molecule has 0 aromatic carbocycles. The summed E-state index contributed by atoms with van der Waals surface area (Å²) in [6.45, 7) is 7.33. The van der Waals surface area contributed by atoms with E-state index in [0.29, 0.717) is 25.7 Å². The first-order valence-corrected chi connectivity index (χ1v) is 13.0. The van der Waals surface area contributed by atoms with E-state index in [1.165, 1.54) is 0 Å². The van der Waals surface area contributed by atoms with Gasteiger partial charge in [-0.2, -0.15) is 0 Å². The molecule has 4 aliphatic rings. The lowest BCUT2D eigenvalue weighted by Gasteiger charge is -2.64. The van der Waals surface area contributed by atoms with Gasteiger partial charge < -0.3 is 19.3 Å². The van der Waals surface area contributed by atoms with E-state index < -0.39 is 51.3 Å². The summed E-state index contributed by atoms with van der Waals surface area (Å²) in [7, 11) is 0. The summed E-state index contributed by atoms with van der Waals surface area (Å²) in [5, 5.41) is 12.0. The Hall–Kier alpha value is -2.00. The number of Topliss-reactive ketones (excluding diaryl/α,β-unsaturated/α-hetero) is 1. The van der Waals surface area contributed by atoms with Gasteiger partial charge in [0.15, 0.2) is 12.4 Å². The Kier molecular flexibility index (Phi) is 6.58. The van der Waals surface area contributed by atoms with Crippen LogP contribution in [0.5, 0.6) is 0 Å². The van der Waals surface area contributed by atoms with Crippen molar-refractivity contribution in [1.29, 1.82) is 0 Å². The quantitative estimate of drug-likeness (QED) is 0.301. The standard InChI is InChI=1S/C26H33BrO8/c1-5-33-22(31)34-13-20(30)26(32)15(2)10-19-18-7-6-16-11-17(29)8-9-23(16,3)25(18,27)21(35-14-28)12-24(19,26)4/h8-9,11,14-15,18-19,21,32H,5-7,10,12-13H2,1-4H3/t15-,18-,19-,21-,23-,24-,25-,26+/m0/s1. The number of ether oxygens (including phenoxy) is 3. The number of aliphatic hydroxyl groups is 1. The number of fused-ring (bicyclic) bond motifs is 5. The summed E-state index contributed by atoms with van der Waals surface area (Å²) in [6.07, 6.45) is 5.73. The van der Waals surface area contributed by atoms with Crippen LogP contribution in [0.1, 0.15) is 53.4 Å². The molecule has 0 radical (unpaired) electrons. The molecule has 3 fully saturated rings. The van der Waals surface area contributed by atoms with Crippen LogP contribution in [0.2, 0.25) is 0 Å². The lowest BCUT2D eigenvalue weighted by Crippen LogP contribution is -2.69. The van der Waals surface area contributed by atoms with Crippen molar-refractivity contribution in [1.82, 2.24) is 0 Å². The summed E-state index contributed by atoms with van der Waals surface area (Å²) in [4.78, 5) is 48.9. The Morgan fingerprint density at radius 1 is 1.26 bits per heavy atom. The monoisotopic (exact) mass is 552 g/mol. The first kappa shape index (κ1) is 26.1. The summed E-state index contributed by atoms with van der Waals surface area (Å²) in [5.41, 5.74) is -2.30. The molecular weight excluding hydrogens is 520 g/mol. The van der Waals surface area contributed by atoms with Crippen LogP contribution in [0.15, 0.2) is 23.8 Å². The van der Waals surface area contributed by atoms with Gasteiger partial charge in [-0.1, -0.05) is 48.4 Å². The Bertz CT molecular complexity index is 1010. The Labute approximate surface area is 213 Å². The molecular formula is C26H33BrO8. The van der Waals surface area contributed by atoms with Crippen LogP contribution in [-0.2, 0) is 28.6 Å². The number of allylic oxidation sites excluding steroid dienone is 4. The number of alkyl halides is 1. The Morgan fingerprint density at radius 3 is 2.63 bits per heavy atom. The maximum atomic E-state index is 13.4. The van der Waals surface area contributed by atoms with Crippen molar-refractivity contribution >= 4 is 40.1 Å². The van der Waals surface area contributed by atoms with Gasteiger partial charge in [-0.25, -0.2) is 4.79 Å². The summed E-state index contributed by atoms with van der Waals surface area (Å²) < 4.78 is 14.7. The summed E-state index contributed by atoms with van der Waals surface area (Å²) in [5.74, 6) is -1.18. The van der Waals surface area contributed by atoms with E-state index in [1.807, 2.05) is 19.9 Å². The van der Waals surface area contributed by atoms with E-state index in [-0.39, 0.29) is 30.6 Å². The van der Waals surface area contributed by atoms with E-state index in [2.05, 4.69) is 22.9 Å². The van der Waals surface area contributed by atoms with Crippen molar-refractivity contribution in [2.45, 2.75) is 69.4 Å². The second-order valence-corrected chi connectivity index (χ2v) is 12.1. The average molecular weight is 553 g/mol. The fourth-order valence-electron chi connectivity index (χ4n) is 7.71. The molecule has 3 saturated carbocycles. The number of hydrogen-bond donors (Lipinski definition) is 1. The molecule has 4 aliphatic carbocycles. The molecule has 8 atom stereocenters. The fraction of sp³-hybridized carbons (Fsp3) is 0.692. The van der Waals surface area contributed by atoms with Crippen molar-refractivity contribution < 1.29 is 38.5 Å². The van der Waals surface area contributed by atoms with E-state index in [9.17, 15) is 24.3 Å². The number of ketones is 2. The number of carbonyl (C=O) groups is 4. The number of carbonyl (C=O) groups excluding carboxylic acids is 4. The van der Waals surface area contributed by atoms with Gasteiger partial charge in [0.25, 0.3) is 6.47 Å². The van der Waals surface area contributed by atoms with Gasteiger partial charge in [-0.05, 0) is 62.5 Å². The van der Waals surface area contributed by atoms with Crippen LogP contribution in [0, 0.1) is 28.6 Å². The highest BCUT2D eigenvalue weighted by Crippen LogP contribution is 2.72. The van der Waals surface area contributed by atoms with Gasteiger partial charge in [0.2, 0.25) is 5.78 Å². The van der Waals surface area contributed by atoms with Gasteiger partial charge in [0.1, 0.15) is 11.7 Å². The predicted molar refractivity (Wildman–Crippen MR) is 129 cm³/mol. The van der Waals surface area contributed by atoms with Crippen LogP contribution in [0.3, 0.4) is 0 Å². The molecule has 4 rings (SSSR count). The SMILES string of the molecule is CCOC(=O)OCC(=O)[C@]1(O)[C@@H](C)C[C@H]2[C@@H]3CCC4=CC(=O)C=C[C@]4(C)[C@@]3(Br)[C@@H](OC=O)C[C@@]21C. The minimum absolute atomic E-state index is 0.0542. The Balaban J connectivity index is 1.74. The summed E-state index contributed by atoms with van der Waals surface area (Å²) >= 11 is 4.04. The third kappa shape index (κ3) is 3.48. The average Bonchev–Trinajstić information content (AvgIpc) is 3.01. The normalized spacial score (nSPS) is 43.8. The molecule has 0 aromatic heterocycles. The number of rotatable bonds is 6. The van der Waals surface area contributed by atoms with Crippen LogP contribution in [-0.4, -0.2) is 58.5 Å². The lowest BCUT2D eigenvalue weighted by molar-refractivity contribution is -0.184. The van der Waals surface area contributed by atoms with E-state index in [1.54, 1.807) is 19.1 Å². The molecule has 8 nitrogen and oxygen atoms in total. The van der Waals surface area contributed by atoms with Crippen molar-refractivity contribution in [3.63, 3.8) is 0 Å². The predicted octanol–water partition coefficient (Wildman–Crippen LogP) is 3.68. The number of hydrogen-bond acceptors (Lipinski definition) is 8. The zero-order valence-electron chi connectivity index (χ0n) is 20.5. The molecule has 0 unspecified atom stereocenters. The molecule has 0 amide bonds. The van der Waals surface area contributed by atoms with Gasteiger partial charge in [-0.15, -0.1) is 0 Å². The van der Waals surface area contributed by atoms with Crippen molar-refractivity contribution in [2.24, 2.45) is 28.6 Å². The molecule has 35 heavy (non-hydrogen) atoms. The molecule has 0 saturated heterocycles. The second-order valence-electron chi connectivity index (χ2n) is 10.8. The zero-order valence-corrected chi connectivity index (χ0v) is 22.1. The highest BCUT2D eigenvalue weighted by Gasteiger charge is 2.75. The molecule has 0 spiro atoms. The maximum Gasteiger partial charge on any atom is 0.508 e. The van der Waals surface area contributed by atoms with E-state index in [4.69, 9.17) is 14.2 Å². The molecule has 0 aromatic rings. The van der Waals surface area contributed by atoms with Gasteiger partial charge in [0.05, 0.1) is 10.9 Å². The van der Waals surface area contributed by atoms with Crippen LogP contribution < -0.4 is 0 Å². The fourth-order valence-corrected chi connectivity index (χ4v) is 8.92. The van der Waals surface area contributed by atoms with Gasteiger partial charge in [-0.3, -0.25) is 14.4 Å². The first-order chi connectivity index (χ1) is 16.4. The molecule has 0 bridgehead atoms. The second kappa shape index (κ2) is 8.83. The van der Waals surface area contributed by atoms with Crippen molar-refractivity contribution in [3.05, 3.63) is 23.8 Å². The van der Waals surface area contributed by atoms with Crippen molar-refractivity contribution in [3.8, 4) is 0 Å². The largest absolute Gasteiger partial charge is 0.508 e. The minimum atomic E-state index is -1.78. The van der Waals surface area contributed by atoms with E-state index >= 15 is 0 Å². The molecule has 0 aliphatic heterocycles. The highest BCUT2D eigenvalue weighted by atomic mass is 79.9. The first-order valence-electron chi connectivity index (χ1n) is 12.2. The van der Waals surface area contributed by atoms with Gasteiger partial charge >= 0.3 is 6.16 Å². The molecule has 0 heterocycles. The third-order valence-electron chi connectivity index (χ3n) is 9.43. The topological polar surface area (TPSA) is 116 Å². The smallest absolute Gasteiger partial charge is 0.463 e. The van der Waals surface area contributed by atoms with Crippen LogP contribution in [0.4, 0.5) is 4.79 Å². The van der Waals surface area contributed by atoms with Crippen molar-refractivity contribution in [2.75, 3.05) is 13.2 Å². The van der Waals surface area contributed by atoms with Crippen LogP contribution in [0.25, 0.3) is 0 Å². The van der Waals surface area contributed by atoms with E-state index in [0.717, 1.165) is 5.57 Å². The third-order valence-corrected chi connectivity index (χ3v) is 11.3. The lowest BCUT2D eigenvalue weighted by atomic mass is 9.46. The summed E-state index contributed by atoms with van der Waals surface area (Å²) in [6, 6.07) is 0. The molecule has 192 valence electrons. The zero-order chi connectivity index (χ0) is 25.8. The Morgan fingerprint density at radius 2 is 1.97 bits per heavy atom. The number of halogens is 1. The molecule has 1 N–H and O–H groups in total. The van der Waals surface area contributed by atoms with Crippen LogP contribution >= 0.6 is 15.9 Å². The highest BCUT2D eigenvalue weighted by molar-refractivity contribution is 9.10.